The fraction of sp³-hybridized carbons (Fsp3) is 0.143. The molecule has 7 heteroatoms. The summed E-state index contributed by atoms with van der Waals surface area (Å²) in [6.45, 7) is -0.154. The van der Waals surface area contributed by atoms with Crippen LogP contribution >= 0.6 is 23.2 Å². The molecule has 108 valence electrons. The highest BCUT2D eigenvalue weighted by atomic mass is 35.5. The Morgan fingerprint density at radius 2 is 2.14 bits per heavy atom. The molecule has 3 aromatic rings. The van der Waals surface area contributed by atoms with Crippen LogP contribution in [0.2, 0.25) is 10.0 Å². The normalized spacial score (nSPS) is 12.5. The lowest BCUT2D eigenvalue weighted by Crippen LogP contribution is -2.15. The van der Waals surface area contributed by atoms with Crippen molar-refractivity contribution in [2.24, 2.45) is 0 Å². The van der Waals surface area contributed by atoms with Crippen molar-refractivity contribution in [2.75, 3.05) is 0 Å². The Morgan fingerprint density at radius 3 is 2.81 bits per heavy atom. The van der Waals surface area contributed by atoms with Gasteiger partial charge < -0.3 is 14.7 Å². The fourth-order valence-corrected chi connectivity index (χ4v) is 2.60. The maximum Gasteiger partial charge on any atom is 0.135 e. The average molecular weight is 323 g/mol. The third kappa shape index (κ3) is 2.68. The van der Waals surface area contributed by atoms with Gasteiger partial charge in [0.05, 0.1) is 28.3 Å². The second-order valence-corrected chi connectivity index (χ2v) is 5.31. The van der Waals surface area contributed by atoms with E-state index in [2.05, 4.69) is 15.0 Å². The monoisotopic (exact) mass is 322 g/mol. The van der Waals surface area contributed by atoms with Crippen LogP contribution in [-0.4, -0.2) is 24.6 Å². The molecule has 3 rings (SSSR count). The largest absolute Gasteiger partial charge is 0.388 e. The molecule has 0 bridgehead atoms. The Morgan fingerprint density at radius 1 is 1.29 bits per heavy atom. The second-order valence-electron chi connectivity index (χ2n) is 4.49. The van der Waals surface area contributed by atoms with Gasteiger partial charge in [0.25, 0.3) is 0 Å². The number of aliphatic hydroxyl groups excluding tert-OH is 1. The third-order valence-electron chi connectivity index (χ3n) is 3.24. The molecule has 1 unspecified atom stereocenters. The van der Waals surface area contributed by atoms with Crippen molar-refractivity contribution in [3.63, 3.8) is 0 Å². The highest BCUT2D eigenvalue weighted by molar-refractivity contribution is 6.42. The molecule has 0 spiro atoms. The fourth-order valence-electron chi connectivity index (χ4n) is 2.29. The minimum absolute atomic E-state index is 0.154. The smallest absolute Gasteiger partial charge is 0.135 e. The van der Waals surface area contributed by atoms with Gasteiger partial charge in [0.15, 0.2) is 0 Å². The van der Waals surface area contributed by atoms with Gasteiger partial charge in [0.1, 0.15) is 18.5 Å². The summed E-state index contributed by atoms with van der Waals surface area (Å²) in [6, 6.07) is 5.22. The summed E-state index contributed by atoms with van der Waals surface area (Å²) >= 11 is 12.1. The number of benzene rings is 1. The van der Waals surface area contributed by atoms with Crippen LogP contribution < -0.4 is 0 Å². The predicted octanol–water partition coefficient (Wildman–Crippen LogP) is 3.04. The molecule has 0 aliphatic heterocycles. The van der Waals surface area contributed by atoms with Gasteiger partial charge in [0.2, 0.25) is 0 Å². The van der Waals surface area contributed by atoms with E-state index >= 15 is 0 Å². The minimum Gasteiger partial charge on any atom is -0.388 e. The molecule has 0 saturated heterocycles. The molecule has 0 saturated carbocycles. The standard InChI is InChI=1S/C14H12Cl2N4O/c15-10-2-1-9(5-11(10)16)14(12-6-17-8-19-12)20-4-3-18-13(20)7-21/h1-6,8,14,21H,7H2,(H,17,19). The molecule has 1 atom stereocenters. The van der Waals surface area contributed by atoms with Gasteiger partial charge in [-0.25, -0.2) is 9.97 Å². The van der Waals surface area contributed by atoms with Crippen molar-refractivity contribution in [2.45, 2.75) is 12.6 Å². The number of aromatic amines is 1. The van der Waals surface area contributed by atoms with Gasteiger partial charge in [-0.15, -0.1) is 0 Å². The Hall–Kier alpha value is -1.82. The number of hydrogen-bond acceptors (Lipinski definition) is 3. The summed E-state index contributed by atoms with van der Waals surface area (Å²) in [7, 11) is 0. The molecule has 21 heavy (non-hydrogen) atoms. The number of aromatic nitrogens is 4. The first-order chi connectivity index (χ1) is 10.2. The zero-order valence-corrected chi connectivity index (χ0v) is 12.4. The molecule has 1 aromatic carbocycles. The number of nitrogens with one attached hydrogen (secondary N) is 1. The quantitative estimate of drug-likeness (QED) is 0.775. The van der Waals surface area contributed by atoms with Crippen LogP contribution in [-0.2, 0) is 6.61 Å². The number of hydrogen-bond donors (Lipinski definition) is 2. The number of imidazole rings is 2. The Bertz CT molecular complexity index is 739. The molecule has 2 aromatic heterocycles. The van der Waals surface area contributed by atoms with E-state index in [0.717, 1.165) is 11.3 Å². The second kappa shape index (κ2) is 5.89. The van der Waals surface area contributed by atoms with Crippen LogP contribution in [0.1, 0.15) is 23.1 Å². The molecule has 5 nitrogen and oxygen atoms in total. The van der Waals surface area contributed by atoms with E-state index in [1.54, 1.807) is 37.1 Å². The van der Waals surface area contributed by atoms with Gasteiger partial charge in [-0.05, 0) is 17.7 Å². The molecule has 0 aliphatic rings. The summed E-state index contributed by atoms with van der Waals surface area (Å²) < 4.78 is 1.87. The van der Waals surface area contributed by atoms with E-state index < -0.39 is 0 Å². The Kier molecular flexibility index (Phi) is 3.96. The lowest BCUT2D eigenvalue weighted by Gasteiger charge is -2.20. The topological polar surface area (TPSA) is 66.7 Å². The lowest BCUT2D eigenvalue weighted by molar-refractivity contribution is 0.264. The highest BCUT2D eigenvalue weighted by Gasteiger charge is 2.20. The maximum atomic E-state index is 9.44. The van der Waals surface area contributed by atoms with Crippen molar-refractivity contribution in [1.82, 2.24) is 19.5 Å². The molecule has 2 heterocycles. The number of rotatable bonds is 4. The van der Waals surface area contributed by atoms with Crippen molar-refractivity contribution in [1.29, 1.82) is 0 Å². The number of halogens is 2. The van der Waals surface area contributed by atoms with Gasteiger partial charge in [-0.2, -0.15) is 0 Å². The number of nitrogens with zero attached hydrogens (tertiary/aromatic N) is 3. The van der Waals surface area contributed by atoms with Crippen molar-refractivity contribution < 1.29 is 5.11 Å². The summed E-state index contributed by atoms with van der Waals surface area (Å²) in [4.78, 5) is 11.3. The molecule has 0 fully saturated rings. The van der Waals surface area contributed by atoms with Crippen LogP contribution in [0.15, 0.2) is 43.1 Å². The summed E-state index contributed by atoms with van der Waals surface area (Å²) in [6.07, 6.45) is 6.79. The third-order valence-corrected chi connectivity index (χ3v) is 3.98. The molecule has 2 N–H and O–H groups in total. The summed E-state index contributed by atoms with van der Waals surface area (Å²) in [5.41, 5.74) is 1.78. The highest BCUT2D eigenvalue weighted by Crippen LogP contribution is 2.31. The molecular weight excluding hydrogens is 311 g/mol. The van der Waals surface area contributed by atoms with Gasteiger partial charge in [-0.1, -0.05) is 29.3 Å². The molecular formula is C14H12Cl2N4O. The Labute approximate surface area is 131 Å². The first-order valence-electron chi connectivity index (χ1n) is 6.26. The molecule has 0 amide bonds. The van der Waals surface area contributed by atoms with Crippen LogP contribution in [0.25, 0.3) is 0 Å². The van der Waals surface area contributed by atoms with Crippen LogP contribution in [0.5, 0.6) is 0 Å². The van der Waals surface area contributed by atoms with Crippen LogP contribution in [0.4, 0.5) is 0 Å². The SMILES string of the molecule is OCc1nccn1C(c1ccc(Cl)c(Cl)c1)c1cnc[nH]1. The van der Waals surface area contributed by atoms with Gasteiger partial charge in [-0.3, -0.25) is 0 Å². The molecule has 0 radical (unpaired) electrons. The van der Waals surface area contributed by atoms with Crippen molar-refractivity contribution >= 4 is 23.2 Å². The summed E-state index contributed by atoms with van der Waals surface area (Å²) in [5, 5.41) is 10.4. The lowest BCUT2D eigenvalue weighted by atomic mass is 10.0. The molecule has 0 aliphatic carbocycles. The average Bonchev–Trinajstić information content (AvgIpc) is 3.15. The van der Waals surface area contributed by atoms with E-state index in [1.165, 1.54) is 0 Å². The first-order valence-corrected chi connectivity index (χ1v) is 7.02. The Balaban J connectivity index is 2.15. The first kappa shape index (κ1) is 14.1. The van der Waals surface area contributed by atoms with Crippen LogP contribution in [0.3, 0.4) is 0 Å². The zero-order chi connectivity index (χ0) is 14.8. The van der Waals surface area contributed by atoms with Crippen LogP contribution in [0, 0.1) is 0 Å². The van der Waals surface area contributed by atoms with Crippen molar-refractivity contribution in [3.05, 3.63) is 70.2 Å². The van der Waals surface area contributed by atoms with E-state index in [0.29, 0.717) is 15.9 Å². The predicted molar refractivity (Wildman–Crippen MR) is 80.4 cm³/mol. The van der Waals surface area contributed by atoms with E-state index in [9.17, 15) is 5.11 Å². The minimum atomic E-state index is -0.216. The van der Waals surface area contributed by atoms with Crippen molar-refractivity contribution in [3.8, 4) is 0 Å². The van der Waals surface area contributed by atoms with E-state index in [4.69, 9.17) is 23.2 Å². The van der Waals surface area contributed by atoms with Gasteiger partial charge >= 0.3 is 0 Å². The van der Waals surface area contributed by atoms with E-state index in [1.807, 2.05) is 10.6 Å². The van der Waals surface area contributed by atoms with Gasteiger partial charge in [0, 0.05) is 12.4 Å². The van der Waals surface area contributed by atoms with E-state index in [-0.39, 0.29) is 12.6 Å². The number of H-pyrrole nitrogens is 1. The maximum absolute atomic E-state index is 9.44. The summed E-state index contributed by atoms with van der Waals surface area (Å²) in [5.74, 6) is 0.556. The zero-order valence-electron chi connectivity index (χ0n) is 10.9. The number of aliphatic hydroxyl groups is 1.